The van der Waals surface area contributed by atoms with Gasteiger partial charge in [0.1, 0.15) is 5.82 Å². The average Bonchev–Trinajstić information content (AvgIpc) is 2.91. The van der Waals surface area contributed by atoms with Crippen molar-refractivity contribution in [2.75, 3.05) is 6.54 Å². The third-order valence-electron chi connectivity index (χ3n) is 2.60. The van der Waals surface area contributed by atoms with Crippen LogP contribution in [0.5, 0.6) is 0 Å². The molecule has 0 radical (unpaired) electrons. The predicted octanol–water partition coefficient (Wildman–Crippen LogP) is 2.87. The Hall–Kier alpha value is -1.13. The zero-order valence-corrected chi connectivity index (χ0v) is 10.5. The van der Waals surface area contributed by atoms with Gasteiger partial charge in [-0.15, -0.1) is 11.3 Å². The Morgan fingerprint density at radius 3 is 3.00 bits per heavy atom. The number of nitrogens with zero attached hydrogens (tertiary/aromatic N) is 1. The van der Waals surface area contributed by atoms with Crippen molar-refractivity contribution in [3.8, 4) is 0 Å². The number of H-pyrrole nitrogens is 1. The Morgan fingerprint density at radius 1 is 1.56 bits per heavy atom. The molecule has 0 aliphatic heterocycles. The zero-order chi connectivity index (χ0) is 11.4. The van der Waals surface area contributed by atoms with E-state index in [0.29, 0.717) is 0 Å². The summed E-state index contributed by atoms with van der Waals surface area (Å²) in [7, 11) is 0. The molecule has 2 aromatic heterocycles. The molecule has 86 valence electrons. The number of aromatic nitrogens is 2. The van der Waals surface area contributed by atoms with Crippen LogP contribution in [-0.2, 0) is 0 Å². The maximum Gasteiger partial charge on any atom is 0.127 e. The van der Waals surface area contributed by atoms with Gasteiger partial charge in [0.15, 0.2) is 0 Å². The first-order chi connectivity index (χ1) is 7.83. The van der Waals surface area contributed by atoms with E-state index in [9.17, 15) is 0 Å². The largest absolute Gasteiger partial charge is 0.347 e. The Morgan fingerprint density at radius 2 is 2.44 bits per heavy atom. The maximum atomic E-state index is 4.35. The van der Waals surface area contributed by atoms with Crippen LogP contribution >= 0.6 is 11.3 Å². The van der Waals surface area contributed by atoms with Crippen LogP contribution in [0.15, 0.2) is 23.8 Å². The van der Waals surface area contributed by atoms with Crippen LogP contribution in [0.4, 0.5) is 0 Å². The number of imidazole rings is 1. The number of hydrogen-bond donors (Lipinski definition) is 2. The molecular weight excluding hydrogens is 218 g/mol. The smallest absolute Gasteiger partial charge is 0.127 e. The lowest BCUT2D eigenvalue weighted by Gasteiger charge is -2.16. The molecule has 0 spiro atoms. The van der Waals surface area contributed by atoms with E-state index in [4.69, 9.17) is 0 Å². The van der Waals surface area contributed by atoms with E-state index in [1.165, 1.54) is 10.4 Å². The molecule has 0 aliphatic rings. The first kappa shape index (κ1) is 11.4. The van der Waals surface area contributed by atoms with Crippen LogP contribution in [0.2, 0.25) is 0 Å². The lowest BCUT2D eigenvalue weighted by Crippen LogP contribution is -2.24. The highest BCUT2D eigenvalue weighted by Crippen LogP contribution is 2.26. The van der Waals surface area contributed by atoms with Crippen LogP contribution in [0.1, 0.15) is 35.7 Å². The number of rotatable bonds is 5. The van der Waals surface area contributed by atoms with Gasteiger partial charge in [-0.1, -0.05) is 6.92 Å². The molecule has 4 heteroatoms. The van der Waals surface area contributed by atoms with Crippen LogP contribution in [0.3, 0.4) is 0 Å². The summed E-state index contributed by atoms with van der Waals surface area (Å²) in [6.45, 7) is 5.33. The van der Waals surface area contributed by atoms with Gasteiger partial charge in [-0.05, 0) is 36.9 Å². The van der Waals surface area contributed by atoms with E-state index < -0.39 is 0 Å². The van der Waals surface area contributed by atoms with E-state index in [1.807, 2.05) is 6.20 Å². The zero-order valence-electron chi connectivity index (χ0n) is 9.66. The highest BCUT2D eigenvalue weighted by Gasteiger charge is 2.17. The first-order valence-corrected chi connectivity index (χ1v) is 6.47. The minimum atomic E-state index is 0.196. The number of aromatic amines is 1. The van der Waals surface area contributed by atoms with E-state index in [-0.39, 0.29) is 6.04 Å². The minimum Gasteiger partial charge on any atom is -0.347 e. The fourth-order valence-corrected chi connectivity index (χ4v) is 2.51. The van der Waals surface area contributed by atoms with Crippen molar-refractivity contribution in [3.63, 3.8) is 0 Å². The van der Waals surface area contributed by atoms with Crippen LogP contribution in [-0.4, -0.2) is 16.5 Å². The molecule has 1 atom stereocenters. The van der Waals surface area contributed by atoms with Gasteiger partial charge in [0, 0.05) is 17.3 Å². The average molecular weight is 235 g/mol. The highest BCUT2D eigenvalue weighted by atomic mass is 32.1. The van der Waals surface area contributed by atoms with Crippen molar-refractivity contribution in [2.45, 2.75) is 26.3 Å². The van der Waals surface area contributed by atoms with E-state index >= 15 is 0 Å². The molecule has 2 rings (SSSR count). The third-order valence-corrected chi connectivity index (χ3v) is 3.46. The lowest BCUT2D eigenvalue weighted by molar-refractivity contribution is 0.576. The van der Waals surface area contributed by atoms with Crippen molar-refractivity contribution < 1.29 is 0 Å². The summed E-state index contributed by atoms with van der Waals surface area (Å²) in [5, 5.41) is 5.66. The summed E-state index contributed by atoms with van der Waals surface area (Å²) < 4.78 is 0. The molecule has 16 heavy (non-hydrogen) atoms. The van der Waals surface area contributed by atoms with Crippen molar-refractivity contribution in [1.29, 1.82) is 0 Å². The molecule has 0 bridgehead atoms. The SMILES string of the molecule is CCCNC(c1ncc[nH]1)c1ccsc1C. The van der Waals surface area contributed by atoms with E-state index in [2.05, 4.69) is 40.6 Å². The second-order valence-electron chi connectivity index (χ2n) is 3.79. The van der Waals surface area contributed by atoms with Gasteiger partial charge in [-0.25, -0.2) is 4.98 Å². The molecule has 0 amide bonds. The van der Waals surface area contributed by atoms with Gasteiger partial charge in [-0.2, -0.15) is 0 Å². The van der Waals surface area contributed by atoms with Crippen molar-refractivity contribution in [3.05, 3.63) is 40.1 Å². The molecule has 0 aliphatic carbocycles. The fourth-order valence-electron chi connectivity index (χ4n) is 1.77. The van der Waals surface area contributed by atoms with Gasteiger partial charge in [0.05, 0.1) is 6.04 Å². The Balaban J connectivity index is 2.25. The number of aryl methyl sites for hydroxylation is 1. The summed E-state index contributed by atoms with van der Waals surface area (Å²) in [6.07, 6.45) is 4.80. The standard InChI is InChI=1S/C12H17N3S/c1-3-5-13-11(12-14-6-7-15-12)10-4-8-16-9(10)2/h4,6-8,11,13H,3,5H2,1-2H3,(H,14,15). The molecule has 0 fully saturated rings. The van der Waals surface area contributed by atoms with E-state index in [0.717, 1.165) is 18.8 Å². The van der Waals surface area contributed by atoms with Gasteiger partial charge < -0.3 is 10.3 Å². The first-order valence-electron chi connectivity index (χ1n) is 5.59. The number of thiophene rings is 1. The molecule has 3 nitrogen and oxygen atoms in total. The summed E-state index contributed by atoms with van der Waals surface area (Å²) in [6, 6.07) is 2.37. The fraction of sp³-hybridized carbons (Fsp3) is 0.417. The monoisotopic (exact) mass is 235 g/mol. The van der Waals surface area contributed by atoms with Crippen molar-refractivity contribution in [2.24, 2.45) is 0 Å². The Kier molecular flexibility index (Phi) is 3.74. The summed E-state index contributed by atoms with van der Waals surface area (Å²) in [5.74, 6) is 0.995. The van der Waals surface area contributed by atoms with Gasteiger partial charge in [0.2, 0.25) is 0 Å². The number of nitrogens with one attached hydrogen (secondary N) is 2. The van der Waals surface area contributed by atoms with Gasteiger partial charge >= 0.3 is 0 Å². The van der Waals surface area contributed by atoms with E-state index in [1.54, 1.807) is 17.5 Å². The minimum absolute atomic E-state index is 0.196. The second-order valence-corrected chi connectivity index (χ2v) is 4.91. The molecule has 2 N–H and O–H groups in total. The molecular formula is C12H17N3S. The molecule has 0 saturated carbocycles. The number of hydrogen-bond acceptors (Lipinski definition) is 3. The normalized spacial score (nSPS) is 12.9. The topological polar surface area (TPSA) is 40.7 Å². The van der Waals surface area contributed by atoms with Crippen LogP contribution < -0.4 is 5.32 Å². The molecule has 2 heterocycles. The van der Waals surface area contributed by atoms with Gasteiger partial charge in [0.25, 0.3) is 0 Å². The summed E-state index contributed by atoms with van der Waals surface area (Å²) in [4.78, 5) is 8.90. The molecule has 0 aromatic carbocycles. The molecule has 0 saturated heterocycles. The maximum absolute atomic E-state index is 4.35. The Bertz CT molecular complexity index is 419. The quantitative estimate of drug-likeness (QED) is 0.836. The predicted molar refractivity (Wildman–Crippen MR) is 67.8 cm³/mol. The summed E-state index contributed by atoms with van der Waals surface area (Å²) in [5.41, 5.74) is 1.33. The van der Waals surface area contributed by atoms with Crippen molar-refractivity contribution in [1.82, 2.24) is 15.3 Å². The Labute approximate surface area is 99.9 Å². The van der Waals surface area contributed by atoms with Crippen LogP contribution in [0, 0.1) is 6.92 Å². The lowest BCUT2D eigenvalue weighted by atomic mass is 10.1. The highest BCUT2D eigenvalue weighted by molar-refractivity contribution is 7.10. The van der Waals surface area contributed by atoms with Gasteiger partial charge in [-0.3, -0.25) is 0 Å². The third kappa shape index (κ3) is 2.33. The van der Waals surface area contributed by atoms with Crippen molar-refractivity contribution >= 4 is 11.3 Å². The molecule has 2 aromatic rings. The molecule has 1 unspecified atom stereocenters. The second kappa shape index (κ2) is 5.27. The van der Waals surface area contributed by atoms with Crippen LogP contribution in [0.25, 0.3) is 0 Å². The summed E-state index contributed by atoms with van der Waals surface area (Å²) >= 11 is 1.78.